The molecule has 9 heavy (non-hydrogen) atoms. The Hall–Kier alpha value is 0.651. The van der Waals surface area contributed by atoms with E-state index in [9.17, 15) is 0 Å². The Morgan fingerprint density at radius 1 is 0.778 bits per heavy atom. The summed E-state index contributed by atoms with van der Waals surface area (Å²) in [6.07, 6.45) is 6.77. The molecule has 0 unspecified atom stereocenters. The lowest BCUT2D eigenvalue weighted by molar-refractivity contribution is 0.504. The molecule has 2 aliphatic heterocycles. The third-order valence-corrected chi connectivity index (χ3v) is 22.0. The van der Waals surface area contributed by atoms with Crippen LogP contribution in [0.4, 0.5) is 0 Å². The molecule has 0 atom stereocenters. The molecule has 0 spiro atoms. The Balaban J connectivity index is 2.03. The molecule has 0 amide bonds. The van der Waals surface area contributed by atoms with Crippen LogP contribution >= 0.6 is 0 Å². The van der Waals surface area contributed by atoms with Crippen molar-refractivity contribution in [3.05, 3.63) is 0 Å². The quantitative estimate of drug-likeness (QED) is 0.432. The zero-order chi connectivity index (χ0) is 6.10. The summed E-state index contributed by atoms with van der Waals surface area (Å²) in [7, 11) is 1.98. The first-order chi connectivity index (χ1) is 4.45. The van der Waals surface area contributed by atoms with Crippen molar-refractivity contribution < 1.29 is 0 Å². The average Bonchev–Trinajstić information content (AvgIpc) is 2.21. The van der Waals surface area contributed by atoms with Crippen molar-refractivity contribution in [1.82, 2.24) is 0 Å². The lowest BCUT2D eigenvalue weighted by atomic mass is 9.99. The summed E-state index contributed by atoms with van der Waals surface area (Å²) in [4.78, 5) is 0. The number of hydrogen-bond acceptors (Lipinski definition) is 0. The maximum Gasteiger partial charge on any atom is 0.00877 e. The van der Waals surface area contributed by atoms with Crippen molar-refractivity contribution in [3.63, 3.8) is 0 Å². The first kappa shape index (κ1) is 6.37. The third kappa shape index (κ3) is 1.38. The topological polar surface area (TPSA) is 0 Å². The first-order valence-electron chi connectivity index (χ1n) is 4.45. The summed E-state index contributed by atoms with van der Waals surface area (Å²) in [6, 6.07) is 0. The van der Waals surface area contributed by atoms with Crippen molar-refractivity contribution in [2.24, 2.45) is 0 Å². The van der Waals surface area contributed by atoms with Gasteiger partial charge in [0.25, 0.3) is 0 Å². The van der Waals surface area contributed by atoms with Gasteiger partial charge in [0, 0.05) is 18.1 Å². The monoisotopic (exact) mass is 172 g/mol. The summed E-state index contributed by atoms with van der Waals surface area (Å²) in [6.45, 7) is 0. The van der Waals surface area contributed by atoms with Gasteiger partial charge < -0.3 is 0 Å². The Labute approximate surface area is 63.9 Å². The van der Waals surface area contributed by atoms with Crippen molar-refractivity contribution in [2.75, 3.05) is 0 Å². The number of hydrogen-bond donors (Lipinski definition) is 0. The standard InChI is InChI=1S/C6H16Si3/c1-2-6-4-3-5(1)7-9-8-6/h5-6H,1-4,7-9H2. The van der Waals surface area contributed by atoms with Gasteiger partial charge in [-0.1, -0.05) is 36.8 Å². The van der Waals surface area contributed by atoms with E-state index in [4.69, 9.17) is 0 Å². The second kappa shape index (κ2) is 2.72. The first-order valence-corrected chi connectivity index (χ1v) is 14.1. The molecule has 0 aromatic carbocycles. The van der Waals surface area contributed by atoms with Gasteiger partial charge in [0.05, 0.1) is 0 Å². The van der Waals surface area contributed by atoms with Gasteiger partial charge in [-0.25, -0.2) is 0 Å². The highest BCUT2D eigenvalue weighted by molar-refractivity contribution is 7.30. The van der Waals surface area contributed by atoms with Crippen LogP contribution < -0.4 is 0 Å². The van der Waals surface area contributed by atoms with Gasteiger partial charge in [-0.3, -0.25) is 0 Å². The summed E-state index contributed by atoms with van der Waals surface area (Å²) >= 11 is 0. The van der Waals surface area contributed by atoms with E-state index in [2.05, 4.69) is 0 Å². The SMILES string of the molecule is C1CC2CCC1[SiH2][SiH2][SiH2]2. The number of fused-ring (bicyclic) bond motifs is 4. The maximum atomic E-state index is 1.69. The van der Waals surface area contributed by atoms with Crippen LogP contribution in [0.2, 0.25) is 11.1 Å². The fraction of sp³-hybridized carbons (Fsp3) is 1.00. The van der Waals surface area contributed by atoms with Gasteiger partial charge in [-0.05, 0) is 8.55 Å². The summed E-state index contributed by atoms with van der Waals surface area (Å²) in [5.74, 6) is 0. The predicted molar refractivity (Wildman–Crippen MR) is 51.6 cm³/mol. The molecule has 0 radical (unpaired) electrons. The molecule has 1 saturated carbocycles. The van der Waals surface area contributed by atoms with E-state index < -0.39 is 0 Å². The molecule has 3 heteroatoms. The second-order valence-corrected chi connectivity index (χ2v) is 19.9. The molecule has 3 rings (SSSR count). The molecular formula is C6H16Si3. The molecule has 2 heterocycles. The van der Waals surface area contributed by atoms with Crippen molar-refractivity contribution in [2.45, 2.75) is 36.8 Å². The van der Waals surface area contributed by atoms with Gasteiger partial charge in [0.15, 0.2) is 0 Å². The van der Waals surface area contributed by atoms with Gasteiger partial charge in [-0.2, -0.15) is 0 Å². The molecule has 3 aliphatic rings. The highest BCUT2D eigenvalue weighted by atomic mass is 29.5. The Morgan fingerprint density at radius 3 is 1.67 bits per heavy atom. The zero-order valence-corrected chi connectivity index (χ0v) is 10.3. The van der Waals surface area contributed by atoms with Crippen molar-refractivity contribution in [1.29, 1.82) is 0 Å². The minimum absolute atomic E-state index is 0.630. The molecule has 2 saturated heterocycles. The number of rotatable bonds is 0. The van der Waals surface area contributed by atoms with Gasteiger partial charge in [0.2, 0.25) is 0 Å². The van der Waals surface area contributed by atoms with Crippen LogP contribution in [0.5, 0.6) is 0 Å². The van der Waals surface area contributed by atoms with E-state index >= 15 is 0 Å². The minimum Gasteiger partial charge on any atom is -0.0542 e. The molecule has 0 aromatic heterocycles. The van der Waals surface area contributed by atoms with Crippen LogP contribution in [0, 0.1) is 0 Å². The maximum absolute atomic E-state index is 1.69. The fourth-order valence-electron chi connectivity index (χ4n) is 2.50. The second-order valence-electron chi connectivity index (χ2n) is 3.82. The fourth-order valence-corrected chi connectivity index (χ4v) is 26.1. The lowest BCUT2D eigenvalue weighted by Crippen LogP contribution is -2.11. The van der Waals surface area contributed by atoms with E-state index in [1.165, 1.54) is 11.1 Å². The third-order valence-electron chi connectivity index (χ3n) is 3.19. The van der Waals surface area contributed by atoms with E-state index in [0.717, 1.165) is 8.55 Å². The van der Waals surface area contributed by atoms with Crippen molar-refractivity contribution in [3.8, 4) is 0 Å². The highest BCUT2D eigenvalue weighted by Gasteiger charge is 2.25. The highest BCUT2D eigenvalue weighted by Crippen LogP contribution is 2.36. The van der Waals surface area contributed by atoms with E-state index in [-0.39, 0.29) is 0 Å². The normalized spacial score (nSPS) is 50.7. The zero-order valence-electron chi connectivity index (χ0n) is 6.10. The lowest BCUT2D eigenvalue weighted by Gasteiger charge is -2.22. The van der Waals surface area contributed by atoms with Gasteiger partial charge in [-0.15, -0.1) is 0 Å². The molecule has 0 nitrogen and oxygen atoms in total. The largest absolute Gasteiger partial charge is 0.0542 e. The van der Waals surface area contributed by atoms with Gasteiger partial charge >= 0.3 is 0 Å². The molecule has 1 aliphatic carbocycles. The summed E-state index contributed by atoms with van der Waals surface area (Å²) in [5, 5.41) is 0. The van der Waals surface area contributed by atoms with Crippen LogP contribution in [0.3, 0.4) is 0 Å². The van der Waals surface area contributed by atoms with Crippen LogP contribution in [0.15, 0.2) is 0 Å². The van der Waals surface area contributed by atoms with Gasteiger partial charge in [0.1, 0.15) is 0 Å². The molecule has 3 fully saturated rings. The molecule has 52 valence electrons. The average molecular weight is 172 g/mol. The van der Waals surface area contributed by atoms with Crippen LogP contribution in [0.25, 0.3) is 0 Å². The summed E-state index contributed by atoms with van der Waals surface area (Å²) < 4.78 is 0. The van der Waals surface area contributed by atoms with Crippen LogP contribution in [-0.4, -0.2) is 26.6 Å². The Bertz CT molecular complexity index is 79.0. The Morgan fingerprint density at radius 2 is 1.22 bits per heavy atom. The van der Waals surface area contributed by atoms with E-state index in [0.29, 0.717) is 18.1 Å². The molecule has 0 N–H and O–H groups in total. The van der Waals surface area contributed by atoms with Crippen LogP contribution in [0.1, 0.15) is 25.7 Å². The van der Waals surface area contributed by atoms with E-state index in [1.54, 1.807) is 25.7 Å². The molecule has 0 aromatic rings. The predicted octanol–water partition coefficient (Wildman–Crippen LogP) is -0.513. The smallest absolute Gasteiger partial charge is 0.00877 e. The van der Waals surface area contributed by atoms with Crippen molar-refractivity contribution >= 4 is 26.6 Å². The Kier molecular flexibility index (Phi) is 1.92. The van der Waals surface area contributed by atoms with E-state index in [1.807, 2.05) is 0 Å². The molecular weight excluding hydrogens is 156 g/mol. The van der Waals surface area contributed by atoms with Crippen LogP contribution in [-0.2, 0) is 0 Å². The molecule has 2 bridgehead atoms. The summed E-state index contributed by atoms with van der Waals surface area (Å²) in [5.41, 5.74) is 2.76. The minimum atomic E-state index is 0.630.